The maximum Gasteiger partial charge on any atom is 0.220 e. The number of hydrogen-bond acceptors (Lipinski definition) is 24. The Bertz CT molecular complexity index is 1680. The summed E-state index contributed by atoms with van der Waals surface area (Å²) < 4.78 is 51.6. The first kappa shape index (κ1) is 74.0. The molecule has 0 aromatic rings. The minimum absolute atomic E-state index is 0.0148. The zero-order chi connectivity index (χ0) is 61.5. The smallest absolute Gasteiger partial charge is 0.220 e. The first-order valence-corrected chi connectivity index (χ1v) is 29.4. The summed E-state index contributed by atoms with van der Waals surface area (Å²) in [5, 5.41) is 97.4. The van der Waals surface area contributed by atoms with Crippen molar-refractivity contribution >= 4 is 35.1 Å². The zero-order valence-corrected chi connectivity index (χ0v) is 49.2. The first-order chi connectivity index (χ1) is 39.6. The van der Waals surface area contributed by atoms with Gasteiger partial charge in [0.05, 0.1) is 77.8 Å². The van der Waals surface area contributed by atoms with Crippen molar-refractivity contribution in [2.24, 2.45) is 29.1 Å². The van der Waals surface area contributed by atoms with Gasteiger partial charge in [-0.1, -0.05) is 34.6 Å². The molecule has 3 heterocycles. The maximum absolute atomic E-state index is 13.0. The fourth-order valence-corrected chi connectivity index (χ4v) is 9.86. The number of nitrogens with one attached hydrogen (secondary N) is 3. The summed E-state index contributed by atoms with van der Waals surface area (Å²) in [6, 6.07) is 0. The lowest BCUT2D eigenvalue weighted by molar-refractivity contribution is -0.282. The summed E-state index contributed by atoms with van der Waals surface area (Å²) in [6.45, 7) is 7.68. The predicted molar refractivity (Wildman–Crippen MR) is 292 cm³/mol. The zero-order valence-electron chi connectivity index (χ0n) is 49.2. The second kappa shape index (κ2) is 40.2. The molecule has 83 heavy (non-hydrogen) atoms. The molecule has 27 heteroatoms. The highest BCUT2D eigenvalue weighted by Crippen LogP contribution is 2.31. The summed E-state index contributed by atoms with van der Waals surface area (Å²) >= 11 is 0. The topological polar surface area (TPSA) is 404 Å². The summed E-state index contributed by atoms with van der Waals surface area (Å²) in [7, 11) is 0. The molecule has 6 unspecified atom stereocenters. The van der Waals surface area contributed by atoms with Crippen molar-refractivity contribution in [3.05, 3.63) is 0 Å². The predicted octanol–water partition coefficient (Wildman–Crippen LogP) is -1.92. The standard InChI is InChI=1S/C56H99N3O24/c1-34(2)24-56(31-75-28-38(63)12-6-18-57-44(66)15-9-21-78-53-35(3)47(69)50(72)41(25-60)81-53,32-76-29-39(64)13-7-19-58-45(67)16-10-22-79-54-36(4)48(70)51(73)42(26-61)82-54)33-77-30-40(65)14-8-20-59-46(68)17-11-23-80-55-37(5)49(71)52(74)43(27-62)83-55/h34-37,41-43,47-55,60-62,69-74H,6-33H2,1-5H3,(H,57,66)(H,58,67)(H,59,68)/t35-,36-,37-,41?,42?,43?,47?,48?,49?,50-,51-,52-,53+,54+,55+,56?/m0/s1. The van der Waals surface area contributed by atoms with Crippen LogP contribution in [0.1, 0.15) is 118 Å². The van der Waals surface area contributed by atoms with Crippen LogP contribution in [0.4, 0.5) is 0 Å². The van der Waals surface area contributed by atoms with Crippen LogP contribution in [0.2, 0.25) is 0 Å². The van der Waals surface area contributed by atoms with E-state index in [0.717, 1.165) is 0 Å². The summed E-state index contributed by atoms with van der Waals surface area (Å²) in [6.07, 6.45) is -9.54. The molecule has 15 atom stereocenters. The number of rotatable bonds is 44. The normalized spacial score (nSPS) is 29.0. The molecule has 482 valence electrons. The number of carbonyl (C=O) groups excluding carboxylic acids is 6. The van der Waals surface area contributed by atoms with Gasteiger partial charge in [0.25, 0.3) is 0 Å². The van der Waals surface area contributed by atoms with Crippen molar-refractivity contribution in [1.29, 1.82) is 0 Å². The van der Waals surface area contributed by atoms with E-state index >= 15 is 0 Å². The molecule has 3 fully saturated rings. The number of carbonyl (C=O) groups is 6. The summed E-state index contributed by atoms with van der Waals surface area (Å²) in [4.78, 5) is 76.4. The number of amides is 3. The van der Waals surface area contributed by atoms with E-state index in [2.05, 4.69) is 16.0 Å². The fraction of sp³-hybridized carbons (Fsp3) is 0.893. The molecule has 3 saturated heterocycles. The second-order valence-electron chi connectivity index (χ2n) is 22.7. The van der Waals surface area contributed by atoms with E-state index in [1.54, 1.807) is 20.8 Å². The Balaban J connectivity index is 1.43. The lowest BCUT2D eigenvalue weighted by Gasteiger charge is -2.40. The first-order valence-electron chi connectivity index (χ1n) is 29.4. The van der Waals surface area contributed by atoms with Crippen LogP contribution in [-0.2, 0) is 71.4 Å². The molecule has 3 aliphatic rings. The van der Waals surface area contributed by atoms with Gasteiger partial charge in [-0.2, -0.15) is 0 Å². The van der Waals surface area contributed by atoms with Crippen molar-refractivity contribution in [1.82, 2.24) is 16.0 Å². The molecule has 3 amide bonds. The van der Waals surface area contributed by atoms with Gasteiger partial charge in [-0.25, -0.2) is 0 Å². The van der Waals surface area contributed by atoms with E-state index in [0.29, 0.717) is 44.9 Å². The quantitative estimate of drug-likeness (QED) is 0.0296. The third-order valence-electron chi connectivity index (χ3n) is 14.8. The van der Waals surface area contributed by atoms with Crippen LogP contribution in [0, 0.1) is 29.1 Å². The van der Waals surface area contributed by atoms with Gasteiger partial charge in [0.1, 0.15) is 56.4 Å². The van der Waals surface area contributed by atoms with Crippen molar-refractivity contribution in [3.63, 3.8) is 0 Å². The number of hydrogen-bond donors (Lipinski definition) is 12. The van der Waals surface area contributed by atoms with Crippen molar-refractivity contribution in [2.75, 3.05) is 98.9 Å². The van der Waals surface area contributed by atoms with E-state index in [9.17, 15) is 74.7 Å². The molecule has 0 aromatic carbocycles. The molecule has 3 rings (SSSR count). The third-order valence-corrected chi connectivity index (χ3v) is 14.8. The minimum atomic E-state index is -1.25. The lowest BCUT2D eigenvalue weighted by Crippen LogP contribution is -2.55. The Morgan fingerprint density at radius 2 is 0.711 bits per heavy atom. The van der Waals surface area contributed by atoms with Crippen LogP contribution in [-0.4, -0.2) is 254 Å². The molecule has 27 nitrogen and oxygen atoms in total. The number of aliphatic hydroxyl groups is 9. The monoisotopic (exact) mass is 1200 g/mol. The van der Waals surface area contributed by atoms with Gasteiger partial charge < -0.3 is 105 Å². The number of Topliss-reactive ketones (excluding diaryl/α,β-unsaturated/α-hetero) is 3. The Morgan fingerprint density at radius 1 is 0.434 bits per heavy atom. The van der Waals surface area contributed by atoms with Crippen molar-refractivity contribution in [3.8, 4) is 0 Å². The molecule has 0 spiro atoms. The average Bonchev–Trinajstić information content (AvgIpc) is 3.66. The van der Waals surface area contributed by atoms with E-state index in [-0.39, 0.29) is 159 Å². The Hall–Kier alpha value is -3.30. The Labute approximate surface area is 487 Å². The van der Waals surface area contributed by atoms with E-state index < -0.39 is 117 Å². The molecular formula is C56H99N3O24. The van der Waals surface area contributed by atoms with Crippen molar-refractivity contribution in [2.45, 2.75) is 192 Å². The van der Waals surface area contributed by atoms with Crippen LogP contribution < -0.4 is 16.0 Å². The van der Waals surface area contributed by atoms with Gasteiger partial charge >= 0.3 is 0 Å². The Morgan fingerprint density at radius 3 is 0.964 bits per heavy atom. The highest BCUT2D eigenvalue weighted by atomic mass is 16.7. The largest absolute Gasteiger partial charge is 0.394 e. The molecule has 12 N–H and O–H groups in total. The van der Waals surface area contributed by atoms with Gasteiger partial charge in [0.15, 0.2) is 36.2 Å². The van der Waals surface area contributed by atoms with Crippen LogP contribution in [0.3, 0.4) is 0 Å². The number of ketones is 3. The average molecular weight is 1200 g/mol. The summed E-state index contributed by atoms with van der Waals surface area (Å²) in [5.41, 5.74) is -0.893. The summed E-state index contributed by atoms with van der Waals surface area (Å²) in [5.74, 6) is -3.05. The van der Waals surface area contributed by atoms with Crippen LogP contribution in [0.5, 0.6) is 0 Å². The number of aliphatic hydroxyl groups excluding tert-OH is 9. The molecule has 0 aromatic heterocycles. The minimum Gasteiger partial charge on any atom is -0.394 e. The maximum atomic E-state index is 13.0. The third kappa shape index (κ3) is 27.1. The molecule has 0 aliphatic carbocycles. The van der Waals surface area contributed by atoms with Gasteiger partial charge in [0, 0.05) is 81.3 Å². The molecule has 0 radical (unpaired) electrons. The highest BCUT2D eigenvalue weighted by molar-refractivity contribution is 5.81. The van der Waals surface area contributed by atoms with Crippen molar-refractivity contribution < 1.29 is 117 Å². The fourth-order valence-electron chi connectivity index (χ4n) is 9.86. The molecule has 0 saturated carbocycles. The lowest BCUT2D eigenvalue weighted by atomic mass is 9.82. The Kier molecular flexibility index (Phi) is 35.8. The van der Waals surface area contributed by atoms with Crippen LogP contribution in [0.25, 0.3) is 0 Å². The van der Waals surface area contributed by atoms with Gasteiger partial charge in [-0.15, -0.1) is 0 Å². The van der Waals surface area contributed by atoms with E-state index in [1.807, 2.05) is 13.8 Å². The molecule has 0 bridgehead atoms. The molecular weight excluding hydrogens is 1100 g/mol. The van der Waals surface area contributed by atoms with Gasteiger partial charge in [-0.3, -0.25) is 28.8 Å². The SMILES string of the molecule is CC(C)CC(COCC(=O)CCCNC(=O)CCCO[C@@H]1OC(CO)[C@H](O)C(O)[C@@H]1C)(COCC(=O)CCCNC(=O)CCCO[C@@H]1OC(CO)[C@H](O)C(O)[C@@H]1C)COCC(=O)CCCNC(=O)CCCO[C@@H]1OC(CO)[C@H](O)C(O)[C@@H]1C. The van der Waals surface area contributed by atoms with Crippen LogP contribution >= 0.6 is 0 Å². The second-order valence-corrected chi connectivity index (χ2v) is 22.7. The van der Waals surface area contributed by atoms with E-state index in [4.69, 9.17) is 42.6 Å². The van der Waals surface area contributed by atoms with Crippen LogP contribution in [0.15, 0.2) is 0 Å². The van der Waals surface area contributed by atoms with E-state index in [1.165, 1.54) is 0 Å². The van der Waals surface area contributed by atoms with Gasteiger partial charge in [-0.05, 0) is 50.9 Å². The van der Waals surface area contributed by atoms with Gasteiger partial charge in [0.2, 0.25) is 17.7 Å². The number of ether oxygens (including phenoxy) is 9. The highest BCUT2D eigenvalue weighted by Gasteiger charge is 2.45. The molecule has 3 aliphatic heterocycles.